The van der Waals surface area contributed by atoms with E-state index in [-0.39, 0.29) is 0 Å². The summed E-state index contributed by atoms with van der Waals surface area (Å²) in [6, 6.07) is 0.855. The van der Waals surface area contributed by atoms with Crippen LogP contribution in [0.25, 0.3) is 0 Å². The van der Waals surface area contributed by atoms with Crippen molar-refractivity contribution < 1.29 is 18.3 Å². The minimum atomic E-state index is -4.63. The second-order valence-corrected chi connectivity index (χ2v) is 1.57. The summed E-state index contributed by atoms with van der Waals surface area (Å²) in [5, 5.41) is 11.3. The van der Waals surface area contributed by atoms with Crippen molar-refractivity contribution in [3.8, 4) is 5.88 Å². The quantitative estimate of drug-likeness (QED) is 0.603. The number of aromatic hydroxyl groups is 1. The lowest BCUT2D eigenvalue weighted by Crippen LogP contribution is -2.17. The van der Waals surface area contributed by atoms with Gasteiger partial charge in [0.15, 0.2) is 0 Å². The van der Waals surface area contributed by atoms with Gasteiger partial charge in [0.2, 0.25) is 5.88 Å². The fourth-order valence-corrected chi connectivity index (χ4v) is 0.492. The van der Waals surface area contributed by atoms with E-state index >= 15 is 0 Å². The zero-order valence-electron chi connectivity index (χ0n) is 4.63. The average molecular weight is 152 g/mol. The summed E-state index contributed by atoms with van der Waals surface area (Å²) in [5.74, 6) is -0.910. The number of aromatic nitrogens is 2. The first-order valence-electron chi connectivity index (χ1n) is 2.32. The summed E-state index contributed by atoms with van der Waals surface area (Å²) in [6.07, 6.45) is -3.77. The first-order chi connectivity index (χ1) is 4.52. The van der Waals surface area contributed by atoms with Gasteiger partial charge in [-0.25, -0.2) is 0 Å². The number of halogens is 3. The van der Waals surface area contributed by atoms with Crippen LogP contribution in [0.5, 0.6) is 5.88 Å². The van der Waals surface area contributed by atoms with Crippen LogP contribution >= 0.6 is 0 Å². The summed E-state index contributed by atoms with van der Waals surface area (Å²) in [4.78, 5) is 0. The molecule has 1 aromatic heterocycles. The van der Waals surface area contributed by atoms with E-state index in [1.807, 2.05) is 0 Å². The van der Waals surface area contributed by atoms with Gasteiger partial charge >= 0.3 is 6.30 Å². The highest BCUT2D eigenvalue weighted by Crippen LogP contribution is 2.25. The fourth-order valence-electron chi connectivity index (χ4n) is 0.492. The number of rotatable bonds is 0. The van der Waals surface area contributed by atoms with Crippen LogP contribution in [0.15, 0.2) is 12.3 Å². The van der Waals surface area contributed by atoms with Gasteiger partial charge < -0.3 is 5.11 Å². The summed E-state index contributed by atoms with van der Waals surface area (Å²) in [5.41, 5.74) is 0. The van der Waals surface area contributed by atoms with E-state index in [4.69, 9.17) is 5.11 Å². The van der Waals surface area contributed by atoms with Crippen LogP contribution < -0.4 is 0 Å². The summed E-state index contributed by atoms with van der Waals surface area (Å²) in [7, 11) is 0. The third-order valence-electron chi connectivity index (χ3n) is 0.863. The van der Waals surface area contributed by atoms with Crippen molar-refractivity contribution in [1.29, 1.82) is 0 Å². The van der Waals surface area contributed by atoms with Crippen LogP contribution in [-0.4, -0.2) is 14.9 Å². The molecule has 0 spiro atoms. The Bertz CT molecular complexity index is 229. The number of nitrogens with zero attached hydrogens (tertiary/aromatic N) is 2. The smallest absolute Gasteiger partial charge is 0.493 e. The Hall–Kier alpha value is -1.20. The Balaban J connectivity index is 3.05. The maximum Gasteiger partial charge on any atom is 0.507 e. The molecule has 56 valence electrons. The van der Waals surface area contributed by atoms with Gasteiger partial charge in [0.05, 0.1) is 6.20 Å². The zero-order valence-corrected chi connectivity index (χ0v) is 4.63. The van der Waals surface area contributed by atoms with Crippen molar-refractivity contribution in [3.05, 3.63) is 12.3 Å². The Morgan fingerprint density at radius 1 is 1.50 bits per heavy atom. The van der Waals surface area contributed by atoms with Crippen molar-refractivity contribution in [1.82, 2.24) is 9.78 Å². The van der Waals surface area contributed by atoms with E-state index in [9.17, 15) is 13.2 Å². The Morgan fingerprint density at radius 2 is 2.10 bits per heavy atom. The standard InChI is InChI=1S/C4H3F3N2O/c5-4(6,7)9-3(10)1-2-8-9/h1-2,10H. The van der Waals surface area contributed by atoms with Gasteiger partial charge in [0.25, 0.3) is 0 Å². The lowest BCUT2D eigenvalue weighted by Gasteiger charge is -2.05. The predicted molar refractivity (Wildman–Crippen MR) is 25.2 cm³/mol. The van der Waals surface area contributed by atoms with Gasteiger partial charge in [-0.2, -0.15) is 5.10 Å². The van der Waals surface area contributed by atoms with Crippen molar-refractivity contribution >= 4 is 0 Å². The van der Waals surface area contributed by atoms with Crippen molar-refractivity contribution in [2.75, 3.05) is 0 Å². The maximum absolute atomic E-state index is 11.6. The van der Waals surface area contributed by atoms with Gasteiger partial charge in [-0.15, -0.1) is 17.9 Å². The average Bonchev–Trinajstić information content (AvgIpc) is 2.11. The van der Waals surface area contributed by atoms with E-state index in [2.05, 4.69) is 5.10 Å². The Labute approximate surface area is 53.7 Å². The monoisotopic (exact) mass is 152 g/mol. The van der Waals surface area contributed by atoms with E-state index in [1.54, 1.807) is 0 Å². The topological polar surface area (TPSA) is 38.1 Å². The fraction of sp³-hybridized carbons (Fsp3) is 0.250. The van der Waals surface area contributed by atoms with Gasteiger partial charge in [-0.3, -0.25) is 0 Å². The highest BCUT2D eigenvalue weighted by Gasteiger charge is 2.33. The van der Waals surface area contributed by atoms with Crippen molar-refractivity contribution in [2.45, 2.75) is 6.30 Å². The van der Waals surface area contributed by atoms with E-state index in [1.165, 1.54) is 0 Å². The molecule has 0 unspecified atom stereocenters. The molecule has 10 heavy (non-hydrogen) atoms. The summed E-state index contributed by atoms with van der Waals surface area (Å²) >= 11 is 0. The maximum atomic E-state index is 11.6. The molecule has 0 bridgehead atoms. The SMILES string of the molecule is Oc1ccnn1C(F)(F)F. The molecule has 1 heterocycles. The largest absolute Gasteiger partial charge is 0.507 e. The normalized spacial score (nSPS) is 11.9. The molecular formula is C4H3F3N2O. The Morgan fingerprint density at radius 3 is 2.30 bits per heavy atom. The minimum absolute atomic E-state index is 0.424. The first-order valence-corrected chi connectivity index (χ1v) is 2.32. The molecular weight excluding hydrogens is 149 g/mol. The van der Waals surface area contributed by atoms with Crippen LogP contribution in [0.1, 0.15) is 0 Å². The predicted octanol–water partition coefficient (Wildman–Crippen LogP) is 1.06. The van der Waals surface area contributed by atoms with Crippen LogP contribution in [0.4, 0.5) is 13.2 Å². The highest BCUT2D eigenvalue weighted by atomic mass is 19.4. The summed E-state index contributed by atoms with van der Waals surface area (Å²) in [6.45, 7) is 0. The molecule has 3 nitrogen and oxygen atoms in total. The van der Waals surface area contributed by atoms with Gasteiger partial charge in [0, 0.05) is 6.07 Å². The molecule has 0 aromatic carbocycles. The molecule has 1 aromatic rings. The highest BCUT2D eigenvalue weighted by molar-refractivity contribution is 5.05. The lowest BCUT2D eigenvalue weighted by molar-refractivity contribution is -0.214. The number of hydrogen-bond donors (Lipinski definition) is 1. The van der Waals surface area contributed by atoms with Crippen molar-refractivity contribution in [3.63, 3.8) is 0 Å². The second kappa shape index (κ2) is 1.89. The first kappa shape index (κ1) is 6.91. The third-order valence-corrected chi connectivity index (χ3v) is 0.863. The van der Waals surface area contributed by atoms with Gasteiger partial charge in [-0.1, -0.05) is 0 Å². The molecule has 0 aliphatic heterocycles. The van der Waals surface area contributed by atoms with Crippen LogP contribution in [-0.2, 0) is 6.30 Å². The minimum Gasteiger partial charge on any atom is -0.493 e. The van der Waals surface area contributed by atoms with E-state index < -0.39 is 16.9 Å². The molecule has 0 aliphatic carbocycles. The zero-order chi connectivity index (χ0) is 7.78. The number of hydrogen-bond acceptors (Lipinski definition) is 2. The molecule has 6 heteroatoms. The molecule has 0 aliphatic rings. The number of alkyl halides is 3. The van der Waals surface area contributed by atoms with Gasteiger partial charge in [-0.05, 0) is 0 Å². The molecule has 0 saturated carbocycles. The van der Waals surface area contributed by atoms with Gasteiger partial charge in [0.1, 0.15) is 0 Å². The van der Waals surface area contributed by atoms with E-state index in [0.29, 0.717) is 0 Å². The summed E-state index contributed by atoms with van der Waals surface area (Å²) < 4.78 is 34.4. The molecule has 0 fully saturated rings. The van der Waals surface area contributed by atoms with E-state index in [0.717, 1.165) is 12.3 Å². The lowest BCUT2D eigenvalue weighted by atomic mass is 10.7. The van der Waals surface area contributed by atoms with Crippen LogP contribution in [0, 0.1) is 0 Å². The molecule has 0 amide bonds. The molecule has 0 saturated heterocycles. The molecule has 0 atom stereocenters. The Kier molecular flexibility index (Phi) is 1.31. The molecule has 0 radical (unpaired) electrons. The second-order valence-electron chi connectivity index (χ2n) is 1.57. The third kappa shape index (κ3) is 1.04. The van der Waals surface area contributed by atoms with Crippen molar-refractivity contribution in [2.24, 2.45) is 0 Å². The van der Waals surface area contributed by atoms with Crippen LogP contribution in [0.2, 0.25) is 0 Å². The molecule has 1 N–H and O–H groups in total. The van der Waals surface area contributed by atoms with Crippen LogP contribution in [0.3, 0.4) is 0 Å². The molecule has 1 rings (SSSR count).